The Bertz CT molecular complexity index is 1710. The number of nitrogens with one attached hydrogen (secondary N) is 1. The van der Waals surface area contributed by atoms with Crippen molar-refractivity contribution in [3.05, 3.63) is 158 Å². The number of unbranched alkanes of at least 4 members (excludes halogenated alkanes) is 12. The summed E-state index contributed by atoms with van der Waals surface area (Å²) in [4.78, 5) is 13.0. The fraction of sp³-hybridized carbons (Fsp3) is 0.585. The van der Waals surface area contributed by atoms with E-state index in [9.17, 15) is 30.3 Å². The standard InChI is InChI=1S/C65H103NO8/c1-3-5-7-9-11-13-15-17-19-20-21-22-23-24-25-26-27-28-29-30-31-32-33-34-35-36-37-38-39-40-41-43-45-47-49-51-53-55-61(69)66-58(57-73-65-64(72)63(71)62(70)60(56-67)74-65)59(68)54-52-50-48-46-44-42-18-16-14-12-10-8-6-4-2/h5,7,11,13-14,16-17,19,21-22,24-25,27-28,30-31,33-34,36-37,39-40,44,46,52,54,58-60,62-65,67-68,70-72H,3-4,6,8-10,12,15,18,20,23,26,29,32,35,38,41-43,45,47-51,53,55-57H2,1-2H3,(H,66,69)/b7-5-,13-11-,16-14+,19-17-,22-21-,25-24-,28-27-,31-30-,34-33-,37-36-,40-39-,46-44+,54-52+. The van der Waals surface area contributed by atoms with Crippen LogP contribution in [-0.2, 0) is 14.3 Å². The third kappa shape index (κ3) is 41.1. The van der Waals surface area contributed by atoms with Crippen LogP contribution in [0.4, 0.5) is 0 Å². The van der Waals surface area contributed by atoms with Gasteiger partial charge in [-0.05, 0) is 122 Å². The van der Waals surface area contributed by atoms with Crippen LogP contribution in [0, 0.1) is 0 Å². The van der Waals surface area contributed by atoms with Gasteiger partial charge in [-0.2, -0.15) is 0 Å². The molecule has 7 atom stereocenters. The Kier molecular flexibility index (Phi) is 47.9. The Balaban J connectivity index is 2.23. The number of amides is 1. The third-order valence-corrected chi connectivity index (χ3v) is 12.3. The minimum absolute atomic E-state index is 0.214. The normalized spacial score (nSPS) is 20.2. The molecular weight excluding hydrogens is 923 g/mol. The molecule has 6 N–H and O–H groups in total. The highest BCUT2D eigenvalue weighted by Gasteiger charge is 2.44. The van der Waals surface area contributed by atoms with Crippen molar-refractivity contribution in [1.82, 2.24) is 5.32 Å². The first-order chi connectivity index (χ1) is 36.3. The lowest BCUT2D eigenvalue weighted by molar-refractivity contribution is -0.302. The Morgan fingerprint density at radius 3 is 1.30 bits per heavy atom. The molecule has 0 aromatic rings. The molecule has 9 heteroatoms. The van der Waals surface area contributed by atoms with E-state index in [0.29, 0.717) is 12.8 Å². The van der Waals surface area contributed by atoms with Gasteiger partial charge in [0.15, 0.2) is 6.29 Å². The van der Waals surface area contributed by atoms with E-state index in [0.717, 1.165) is 135 Å². The summed E-state index contributed by atoms with van der Waals surface area (Å²) in [6.07, 6.45) is 75.9. The van der Waals surface area contributed by atoms with Gasteiger partial charge in [0.25, 0.3) is 0 Å². The predicted molar refractivity (Wildman–Crippen MR) is 312 cm³/mol. The average molecular weight is 1030 g/mol. The van der Waals surface area contributed by atoms with Crippen molar-refractivity contribution >= 4 is 5.91 Å². The molecule has 0 aliphatic carbocycles. The lowest BCUT2D eigenvalue weighted by Crippen LogP contribution is -2.60. The SMILES string of the molecule is CC/C=C\C/C=C\C/C=C\C/C=C\C/C=C\C/C=C\C/C=C\C/C=C\C/C=C\C/C=C\CCCCCCCCC(=O)NC(COC1OC(CO)C(O)C(O)C1O)C(O)/C=C/CC/C=C/CC/C=C/CCCCCC. The van der Waals surface area contributed by atoms with Gasteiger partial charge in [-0.15, -0.1) is 0 Å². The van der Waals surface area contributed by atoms with Gasteiger partial charge < -0.3 is 40.3 Å². The number of aliphatic hydroxyl groups excluding tert-OH is 5. The molecule has 1 rings (SSSR count). The summed E-state index contributed by atoms with van der Waals surface area (Å²) in [5.74, 6) is -0.214. The minimum Gasteiger partial charge on any atom is -0.394 e. The van der Waals surface area contributed by atoms with Gasteiger partial charge in [0.2, 0.25) is 5.91 Å². The molecule has 74 heavy (non-hydrogen) atoms. The lowest BCUT2D eigenvalue weighted by atomic mass is 9.99. The maximum Gasteiger partial charge on any atom is 0.220 e. The maximum atomic E-state index is 13.0. The molecule has 0 bridgehead atoms. The fourth-order valence-electron chi connectivity index (χ4n) is 7.80. The third-order valence-electron chi connectivity index (χ3n) is 12.3. The van der Waals surface area contributed by atoms with Crippen molar-refractivity contribution in [2.75, 3.05) is 13.2 Å². The zero-order chi connectivity index (χ0) is 53.6. The van der Waals surface area contributed by atoms with E-state index in [1.807, 2.05) is 6.08 Å². The van der Waals surface area contributed by atoms with Gasteiger partial charge in [0.05, 0.1) is 25.4 Å². The summed E-state index contributed by atoms with van der Waals surface area (Å²) < 4.78 is 11.2. The van der Waals surface area contributed by atoms with Crippen molar-refractivity contribution in [3.8, 4) is 0 Å². The van der Waals surface area contributed by atoms with Crippen LogP contribution in [0.1, 0.15) is 187 Å². The van der Waals surface area contributed by atoms with E-state index >= 15 is 0 Å². The summed E-state index contributed by atoms with van der Waals surface area (Å²) in [6.45, 7) is 3.58. The second kappa shape index (κ2) is 52.3. The first-order valence-corrected chi connectivity index (χ1v) is 28.7. The molecule has 1 heterocycles. The van der Waals surface area contributed by atoms with Gasteiger partial charge in [0, 0.05) is 6.42 Å². The number of carbonyl (C=O) groups excluding carboxylic acids is 1. The summed E-state index contributed by atoms with van der Waals surface area (Å²) in [5, 5.41) is 54.3. The lowest BCUT2D eigenvalue weighted by Gasteiger charge is -2.40. The van der Waals surface area contributed by atoms with E-state index in [2.05, 4.69) is 165 Å². The van der Waals surface area contributed by atoms with Crippen LogP contribution in [0.3, 0.4) is 0 Å². The Morgan fingerprint density at radius 2 is 0.851 bits per heavy atom. The number of allylic oxidation sites excluding steroid dienone is 25. The molecule has 0 aromatic carbocycles. The average Bonchev–Trinajstić information content (AvgIpc) is 3.40. The van der Waals surface area contributed by atoms with Crippen LogP contribution in [0.25, 0.3) is 0 Å². The van der Waals surface area contributed by atoms with Crippen molar-refractivity contribution in [3.63, 3.8) is 0 Å². The van der Waals surface area contributed by atoms with Crippen molar-refractivity contribution in [2.45, 2.75) is 230 Å². The molecule has 1 aliphatic rings. The monoisotopic (exact) mass is 1030 g/mol. The Labute approximate surface area is 450 Å². The molecule has 1 amide bonds. The second-order valence-electron chi connectivity index (χ2n) is 19.0. The molecule has 1 fully saturated rings. The van der Waals surface area contributed by atoms with Gasteiger partial charge in [-0.1, -0.05) is 217 Å². The number of hydrogen-bond donors (Lipinski definition) is 6. The highest BCUT2D eigenvalue weighted by atomic mass is 16.7. The van der Waals surface area contributed by atoms with Gasteiger partial charge in [-0.3, -0.25) is 4.79 Å². The van der Waals surface area contributed by atoms with Crippen LogP contribution < -0.4 is 5.32 Å². The first-order valence-electron chi connectivity index (χ1n) is 28.7. The fourth-order valence-corrected chi connectivity index (χ4v) is 7.80. The Morgan fingerprint density at radius 1 is 0.473 bits per heavy atom. The zero-order valence-corrected chi connectivity index (χ0v) is 46.0. The van der Waals surface area contributed by atoms with Crippen LogP contribution in [0.2, 0.25) is 0 Å². The van der Waals surface area contributed by atoms with Crippen LogP contribution in [0.5, 0.6) is 0 Å². The molecule has 0 saturated carbocycles. The summed E-state index contributed by atoms with van der Waals surface area (Å²) in [7, 11) is 0. The Hall–Kier alpha value is -4.19. The molecule has 1 aliphatic heterocycles. The van der Waals surface area contributed by atoms with E-state index in [1.165, 1.54) is 25.7 Å². The smallest absolute Gasteiger partial charge is 0.220 e. The first kappa shape index (κ1) is 67.8. The van der Waals surface area contributed by atoms with Gasteiger partial charge in [-0.25, -0.2) is 0 Å². The molecule has 0 aromatic heterocycles. The summed E-state index contributed by atoms with van der Waals surface area (Å²) >= 11 is 0. The number of hydrogen-bond acceptors (Lipinski definition) is 8. The maximum absolute atomic E-state index is 13.0. The van der Waals surface area contributed by atoms with Gasteiger partial charge >= 0.3 is 0 Å². The molecule has 9 nitrogen and oxygen atoms in total. The van der Waals surface area contributed by atoms with Gasteiger partial charge in [0.1, 0.15) is 24.4 Å². The summed E-state index contributed by atoms with van der Waals surface area (Å²) in [6, 6.07) is -0.848. The predicted octanol–water partition coefficient (Wildman–Crippen LogP) is 14.5. The molecule has 0 radical (unpaired) electrons. The number of ether oxygens (including phenoxy) is 2. The summed E-state index contributed by atoms with van der Waals surface area (Å²) in [5.41, 5.74) is 0. The van der Waals surface area contributed by atoms with Crippen molar-refractivity contribution < 1.29 is 39.8 Å². The zero-order valence-electron chi connectivity index (χ0n) is 46.0. The molecule has 416 valence electrons. The van der Waals surface area contributed by atoms with Crippen LogP contribution >= 0.6 is 0 Å². The molecule has 7 unspecified atom stereocenters. The van der Waals surface area contributed by atoms with E-state index in [4.69, 9.17) is 9.47 Å². The molecule has 1 saturated heterocycles. The van der Waals surface area contributed by atoms with Crippen LogP contribution in [0.15, 0.2) is 158 Å². The quantitative estimate of drug-likeness (QED) is 0.0261. The molecular formula is C65H103NO8. The van der Waals surface area contributed by atoms with Crippen molar-refractivity contribution in [2.24, 2.45) is 0 Å². The van der Waals surface area contributed by atoms with Crippen LogP contribution in [-0.4, -0.2) is 87.5 Å². The topological polar surface area (TPSA) is 149 Å². The van der Waals surface area contributed by atoms with E-state index in [1.54, 1.807) is 6.08 Å². The van der Waals surface area contributed by atoms with E-state index < -0.39 is 49.5 Å². The number of carbonyl (C=O) groups is 1. The number of aliphatic hydroxyl groups is 5. The number of rotatable bonds is 46. The molecule has 0 spiro atoms. The van der Waals surface area contributed by atoms with Crippen molar-refractivity contribution in [1.29, 1.82) is 0 Å². The highest BCUT2D eigenvalue weighted by Crippen LogP contribution is 2.22. The van der Waals surface area contributed by atoms with E-state index in [-0.39, 0.29) is 12.5 Å². The highest BCUT2D eigenvalue weighted by molar-refractivity contribution is 5.76. The second-order valence-corrected chi connectivity index (χ2v) is 19.0. The largest absolute Gasteiger partial charge is 0.394 e. The minimum atomic E-state index is -1.59.